The van der Waals surface area contributed by atoms with Gasteiger partial charge in [-0.15, -0.1) is 0 Å². The Kier molecular flexibility index (Phi) is 2.72. The Hall–Kier alpha value is -2.69. The number of ketones is 2. The Bertz CT molecular complexity index is 741. The van der Waals surface area contributed by atoms with E-state index in [4.69, 9.17) is 4.42 Å². The molecule has 0 N–H and O–H groups in total. The molecule has 3 aromatic heterocycles. The summed E-state index contributed by atoms with van der Waals surface area (Å²) in [5, 5.41) is 4.08. The fourth-order valence-corrected chi connectivity index (χ4v) is 1.92. The molecule has 0 radical (unpaired) electrons. The van der Waals surface area contributed by atoms with Crippen molar-refractivity contribution in [1.82, 2.24) is 9.61 Å². The standard InChI is InChI=1S/C14H10N2O3/c17-13(10-4-6-19-9-10)7-14(18)11-8-15-16-5-2-1-3-12(11)16/h1-6,8-9H,7H2. The molecule has 0 aliphatic heterocycles. The predicted molar refractivity (Wildman–Crippen MR) is 67.2 cm³/mol. The van der Waals surface area contributed by atoms with E-state index in [2.05, 4.69) is 5.10 Å². The van der Waals surface area contributed by atoms with Crippen LogP contribution in [0, 0.1) is 0 Å². The summed E-state index contributed by atoms with van der Waals surface area (Å²) >= 11 is 0. The SMILES string of the molecule is O=C(CC(=O)c1cnn2ccccc12)c1ccoc1. The molecule has 3 rings (SSSR count). The van der Waals surface area contributed by atoms with Gasteiger partial charge in [0.1, 0.15) is 6.26 Å². The highest BCUT2D eigenvalue weighted by molar-refractivity contribution is 6.15. The maximum atomic E-state index is 12.1. The van der Waals surface area contributed by atoms with Crippen LogP contribution in [0.15, 0.2) is 53.6 Å². The molecule has 0 saturated heterocycles. The molecule has 0 saturated carbocycles. The minimum atomic E-state index is -0.256. The average molecular weight is 254 g/mol. The third-order valence-corrected chi connectivity index (χ3v) is 2.89. The molecule has 0 amide bonds. The minimum absolute atomic E-state index is 0.185. The molecule has 0 aliphatic carbocycles. The first-order chi connectivity index (χ1) is 9.25. The van der Waals surface area contributed by atoms with E-state index >= 15 is 0 Å². The first-order valence-electron chi connectivity index (χ1n) is 5.76. The van der Waals surface area contributed by atoms with Crippen LogP contribution in [0.25, 0.3) is 5.52 Å². The van der Waals surface area contributed by atoms with Crippen LogP contribution in [0.5, 0.6) is 0 Å². The second-order valence-corrected chi connectivity index (χ2v) is 4.12. The number of aromatic nitrogens is 2. The maximum Gasteiger partial charge on any atom is 0.174 e. The Morgan fingerprint density at radius 2 is 2.11 bits per heavy atom. The van der Waals surface area contributed by atoms with Crippen molar-refractivity contribution in [1.29, 1.82) is 0 Å². The fourth-order valence-electron chi connectivity index (χ4n) is 1.92. The fraction of sp³-hybridized carbons (Fsp3) is 0.0714. The number of carbonyl (C=O) groups excluding carboxylic acids is 2. The molecule has 0 spiro atoms. The summed E-state index contributed by atoms with van der Waals surface area (Å²) in [5.41, 5.74) is 1.56. The van der Waals surface area contributed by atoms with Crippen LogP contribution in [0.1, 0.15) is 27.1 Å². The van der Waals surface area contributed by atoms with E-state index in [0.717, 1.165) is 0 Å². The molecule has 0 fully saturated rings. The summed E-state index contributed by atoms with van der Waals surface area (Å²) < 4.78 is 6.44. The van der Waals surface area contributed by atoms with Gasteiger partial charge in [0.15, 0.2) is 11.6 Å². The second-order valence-electron chi connectivity index (χ2n) is 4.12. The summed E-state index contributed by atoms with van der Waals surface area (Å²) in [4.78, 5) is 24.0. The van der Waals surface area contributed by atoms with Crippen LogP contribution in [0.4, 0.5) is 0 Å². The molecular formula is C14H10N2O3. The normalized spacial score (nSPS) is 10.7. The second kappa shape index (κ2) is 4.53. The lowest BCUT2D eigenvalue weighted by atomic mass is 10.0. The van der Waals surface area contributed by atoms with E-state index in [-0.39, 0.29) is 18.0 Å². The van der Waals surface area contributed by atoms with Crippen molar-refractivity contribution in [3.63, 3.8) is 0 Å². The van der Waals surface area contributed by atoms with Gasteiger partial charge >= 0.3 is 0 Å². The molecule has 5 heteroatoms. The Labute approximate surface area is 108 Å². The van der Waals surface area contributed by atoms with Gasteiger partial charge < -0.3 is 4.42 Å². The molecule has 0 atom stereocenters. The number of pyridine rings is 1. The van der Waals surface area contributed by atoms with Crippen LogP contribution in [-0.2, 0) is 0 Å². The van der Waals surface area contributed by atoms with E-state index < -0.39 is 0 Å². The van der Waals surface area contributed by atoms with Gasteiger partial charge in [0, 0.05) is 6.20 Å². The van der Waals surface area contributed by atoms with Crippen LogP contribution < -0.4 is 0 Å². The molecule has 3 heterocycles. The minimum Gasteiger partial charge on any atom is -0.472 e. The summed E-state index contributed by atoms with van der Waals surface area (Å²) in [6.07, 6.45) is 5.80. The van der Waals surface area contributed by atoms with E-state index in [1.54, 1.807) is 22.8 Å². The van der Waals surface area contributed by atoms with Gasteiger partial charge in [-0.05, 0) is 18.2 Å². The quantitative estimate of drug-likeness (QED) is 0.529. The third-order valence-electron chi connectivity index (χ3n) is 2.89. The van der Waals surface area contributed by atoms with Crippen molar-refractivity contribution >= 4 is 17.1 Å². The molecule has 0 bridgehead atoms. The highest BCUT2D eigenvalue weighted by Crippen LogP contribution is 2.14. The smallest absolute Gasteiger partial charge is 0.174 e. The monoisotopic (exact) mass is 254 g/mol. The van der Waals surface area contributed by atoms with E-state index in [1.165, 1.54) is 18.7 Å². The Balaban J connectivity index is 1.86. The highest BCUT2D eigenvalue weighted by atomic mass is 16.3. The maximum absolute atomic E-state index is 12.1. The first-order valence-corrected chi connectivity index (χ1v) is 5.76. The number of Topliss-reactive ketones (excluding diaryl/α,β-unsaturated/α-hetero) is 2. The Morgan fingerprint density at radius 1 is 1.21 bits per heavy atom. The summed E-state index contributed by atoms with van der Waals surface area (Å²) in [6.45, 7) is 0. The van der Waals surface area contributed by atoms with Gasteiger partial charge in [-0.2, -0.15) is 5.10 Å². The zero-order valence-electron chi connectivity index (χ0n) is 9.95. The van der Waals surface area contributed by atoms with Gasteiger partial charge in [0.05, 0.1) is 35.5 Å². The number of fused-ring (bicyclic) bond motifs is 1. The molecule has 0 aromatic carbocycles. The molecule has 94 valence electrons. The topological polar surface area (TPSA) is 64.6 Å². The van der Waals surface area contributed by atoms with Gasteiger partial charge in [-0.1, -0.05) is 6.07 Å². The summed E-state index contributed by atoms with van der Waals surface area (Å²) in [6, 6.07) is 6.99. The van der Waals surface area contributed by atoms with E-state index in [0.29, 0.717) is 16.6 Å². The van der Waals surface area contributed by atoms with Gasteiger partial charge in [-0.25, -0.2) is 4.52 Å². The summed E-state index contributed by atoms with van der Waals surface area (Å²) in [7, 11) is 0. The number of carbonyl (C=O) groups is 2. The lowest BCUT2D eigenvalue weighted by molar-refractivity contribution is 0.0895. The molecular weight excluding hydrogens is 244 g/mol. The van der Waals surface area contributed by atoms with Crippen molar-refractivity contribution in [2.45, 2.75) is 6.42 Å². The Morgan fingerprint density at radius 3 is 2.89 bits per heavy atom. The largest absolute Gasteiger partial charge is 0.472 e. The van der Waals surface area contributed by atoms with Crippen molar-refractivity contribution in [2.75, 3.05) is 0 Å². The molecule has 19 heavy (non-hydrogen) atoms. The zero-order chi connectivity index (χ0) is 13.2. The lowest BCUT2D eigenvalue weighted by Gasteiger charge is -1.97. The highest BCUT2D eigenvalue weighted by Gasteiger charge is 2.17. The lowest BCUT2D eigenvalue weighted by Crippen LogP contribution is -2.07. The predicted octanol–water partition coefficient (Wildman–Crippen LogP) is 2.38. The van der Waals surface area contributed by atoms with Crippen molar-refractivity contribution in [3.8, 4) is 0 Å². The first kappa shape index (κ1) is 11.4. The van der Waals surface area contributed by atoms with Crippen LogP contribution >= 0.6 is 0 Å². The molecule has 3 aromatic rings. The molecule has 0 unspecified atom stereocenters. The van der Waals surface area contributed by atoms with Crippen LogP contribution in [0.3, 0.4) is 0 Å². The van der Waals surface area contributed by atoms with Crippen molar-refractivity contribution < 1.29 is 14.0 Å². The molecule has 0 aliphatic rings. The van der Waals surface area contributed by atoms with E-state index in [9.17, 15) is 9.59 Å². The van der Waals surface area contributed by atoms with Crippen molar-refractivity contribution in [3.05, 3.63) is 60.3 Å². The zero-order valence-corrected chi connectivity index (χ0v) is 9.95. The molecule has 5 nitrogen and oxygen atoms in total. The van der Waals surface area contributed by atoms with Crippen LogP contribution in [-0.4, -0.2) is 21.2 Å². The van der Waals surface area contributed by atoms with Gasteiger partial charge in [-0.3, -0.25) is 9.59 Å². The summed E-state index contributed by atoms with van der Waals surface area (Å²) in [5.74, 6) is -0.499. The van der Waals surface area contributed by atoms with Crippen molar-refractivity contribution in [2.24, 2.45) is 0 Å². The van der Waals surface area contributed by atoms with Gasteiger partial charge in [0.2, 0.25) is 0 Å². The third kappa shape index (κ3) is 2.06. The number of hydrogen-bond acceptors (Lipinski definition) is 4. The number of nitrogens with zero attached hydrogens (tertiary/aromatic N) is 2. The average Bonchev–Trinajstić information content (AvgIpc) is 3.08. The number of hydrogen-bond donors (Lipinski definition) is 0. The van der Waals surface area contributed by atoms with E-state index in [1.807, 2.05) is 12.1 Å². The number of rotatable bonds is 4. The van der Waals surface area contributed by atoms with Gasteiger partial charge in [0.25, 0.3) is 0 Å². The number of furan rings is 1. The van der Waals surface area contributed by atoms with Crippen LogP contribution in [0.2, 0.25) is 0 Å².